The summed E-state index contributed by atoms with van der Waals surface area (Å²) in [6.07, 6.45) is 0. The Kier molecular flexibility index (Phi) is 8.64. The van der Waals surface area contributed by atoms with Crippen LogP contribution < -0.4 is 0 Å². The molecule has 0 N–H and O–H groups in total. The minimum Gasteiger partial charge on any atom is -0.307 e. The zero-order chi connectivity index (χ0) is 42.6. The molecule has 0 spiro atoms. The van der Waals surface area contributed by atoms with Crippen LogP contribution in [-0.4, -0.2) is 19.1 Å². The lowest BCUT2D eigenvalue weighted by Gasteiger charge is -2.20. The molecule has 0 bridgehead atoms. The van der Waals surface area contributed by atoms with Crippen LogP contribution >= 0.6 is 0 Å². The fourth-order valence-corrected chi connectivity index (χ4v) is 8.81. The summed E-state index contributed by atoms with van der Waals surface area (Å²) in [6, 6.07) is 56.1. The molecule has 7 aromatic carbocycles. The topological polar surface area (TPSA) is 155 Å². The third kappa shape index (κ3) is 5.81. The number of hydrogen-bond acceptors (Lipinski definition) is 7. The van der Waals surface area contributed by atoms with Crippen LogP contribution in [0.15, 0.2) is 140 Å². The van der Waals surface area contributed by atoms with Crippen LogP contribution in [0, 0.1) is 70.5 Å². The first-order valence-electron chi connectivity index (χ1n) is 19.7. The van der Waals surface area contributed by atoms with Gasteiger partial charge in [-0.25, -0.2) is 9.97 Å². The highest BCUT2D eigenvalue weighted by Gasteiger charge is 2.24. The zero-order valence-electron chi connectivity index (χ0n) is 33.3. The second-order valence-corrected chi connectivity index (χ2v) is 15.1. The zero-order valence-corrected chi connectivity index (χ0v) is 33.3. The molecule has 0 aliphatic heterocycles. The number of fused-ring (bicyclic) bond motifs is 6. The van der Waals surface area contributed by atoms with E-state index >= 15 is 0 Å². The number of nitriles is 5. The second-order valence-electron chi connectivity index (χ2n) is 15.1. The van der Waals surface area contributed by atoms with Crippen molar-refractivity contribution in [2.24, 2.45) is 0 Å². The predicted molar refractivity (Wildman–Crippen MR) is 240 cm³/mol. The molecule has 3 heterocycles. The Morgan fingerprint density at radius 1 is 0.403 bits per heavy atom. The van der Waals surface area contributed by atoms with E-state index in [9.17, 15) is 26.3 Å². The number of aromatic nitrogens is 4. The Hall–Kier alpha value is -9.33. The molecule has 10 rings (SSSR count). The maximum atomic E-state index is 11.0. The molecular formula is C53H29N9. The van der Waals surface area contributed by atoms with Crippen LogP contribution in [0.3, 0.4) is 0 Å². The minimum atomic E-state index is 0.390. The van der Waals surface area contributed by atoms with Crippen molar-refractivity contribution in [3.05, 3.63) is 179 Å². The van der Waals surface area contributed by atoms with E-state index in [1.165, 1.54) is 0 Å². The lowest BCUT2D eigenvalue weighted by Crippen LogP contribution is -2.06. The fourth-order valence-electron chi connectivity index (χ4n) is 8.81. The van der Waals surface area contributed by atoms with Crippen LogP contribution in [-0.2, 0) is 0 Å². The smallest absolute Gasteiger partial charge is 0.126 e. The predicted octanol–water partition coefficient (Wildman–Crippen LogP) is 11.6. The van der Waals surface area contributed by atoms with E-state index in [2.05, 4.69) is 93.0 Å². The normalized spacial score (nSPS) is 11.0. The SMILES string of the molecule is Cc1cc(-c2cc(-n3c4ccccc4c4ccc(-c5ccc(C#N)cc5C#N)cc43)c(-n3c4ccccc4c4ccc(-c5ccc(C#N)cc5C#N)cc43)cc2C#N)nc(C)n1. The average Bonchev–Trinajstić information content (AvgIpc) is 3.82. The maximum absolute atomic E-state index is 11.0. The summed E-state index contributed by atoms with van der Waals surface area (Å²) in [4.78, 5) is 9.37. The molecule has 9 heteroatoms. The summed E-state index contributed by atoms with van der Waals surface area (Å²) in [7, 11) is 0. The summed E-state index contributed by atoms with van der Waals surface area (Å²) in [6.45, 7) is 3.75. The van der Waals surface area contributed by atoms with Gasteiger partial charge in [-0.05, 0) is 103 Å². The van der Waals surface area contributed by atoms with Gasteiger partial charge in [0, 0.05) is 32.8 Å². The fraction of sp³-hybridized carbons (Fsp3) is 0.0377. The van der Waals surface area contributed by atoms with E-state index in [0.29, 0.717) is 56.0 Å². The number of hydrogen-bond donors (Lipinski definition) is 0. The molecular weight excluding hydrogens is 763 g/mol. The van der Waals surface area contributed by atoms with Gasteiger partial charge in [0.2, 0.25) is 0 Å². The van der Waals surface area contributed by atoms with Crippen LogP contribution in [0.4, 0.5) is 0 Å². The largest absolute Gasteiger partial charge is 0.307 e. The Morgan fingerprint density at radius 3 is 1.35 bits per heavy atom. The Labute approximate surface area is 355 Å². The number of rotatable bonds is 5. The molecule has 286 valence electrons. The van der Waals surface area contributed by atoms with Crippen molar-refractivity contribution in [3.8, 4) is 75.2 Å². The highest BCUT2D eigenvalue weighted by atomic mass is 15.1. The highest BCUT2D eigenvalue weighted by molar-refractivity contribution is 6.13. The number of para-hydroxylation sites is 2. The van der Waals surface area contributed by atoms with Gasteiger partial charge in [0.05, 0.1) is 97.3 Å². The monoisotopic (exact) mass is 791 g/mol. The van der Waals surface area contributed by atoms with Gasteiger partial charge in [-0.3, -0.25) is 0 Å². The minimum absolute atomic E-state index is 0.390. The Bertz CT molecular complexity index is 3770. The van der Waals surface area contributed by atoms with E-state index in [1.807, 2.05) is 80.6 Å². The van der Waals surface area contributed by atoms with Crippen molar-refractivity contribution >= 4 is 43.6 Å². The molecule has 0 saturated carbocycles. The molecule has 0 aliphatic rings. The van der Waals surface area contributed by atoms with Crippen molar-refractivity contribution < 1.29 is 0 Å². The molecule has 0 radical (unpaired) electrons. The van der Waals surface area contributed by atoms with Crippen molar-refractivity contribution in [1.29, 1.82) is 26.3 Å². The summed E-state index contributed by atoms with van der Waals surface area (Å²) < 4.78 is 4.39. The molecule has 0 fully saturated rings. The molecule has 3 aromatic heterocycles. The first-order valence-corrected chi connectivity index (χ1v) is 19.7. The van der Waals surface area contributed by atoms with Gasteiger partial charge in [-0.1, -0.05) is 72.8 Å². The van der Waals surface area contributed by atoms with Gasteiger partial charge in [0.15, 0.2) is 0 Å². The summed E-state index contributed by atoms with van der Waals surface area (Å²) in [5, 5.41) is 54.6. The van der Waals surface area contributed by atoms with Crippen molar-refractivity contribution in [1.82, 2.24) is 19.1 Å². The quantitative estimate of drug-likeness (QED) is 0.168. The average molecular weight is 792 g/mol. The lowest BCUT2D eigenvalue weighted by molar-refractivity contribution is 1.01. The van der Waals surface area contributed by atoms with E-state index < -0.39 is 0 Å². The van der Waals surface area contributed by atoms with Gasteiger partial charge in [0.25, 0.3) is 0 Å². The molecule has 62 heavy (non-hydrogen) atoms. The van der Waals surface area contributed by atoms with Crippen LogP contribution in [0.25, 0.3) is 88.5 Å². The maximum Gasteiger partial charge on any atom is 0.126 e. The molecule has 0 aliphatic carbocycles. The van der Waals surface area contributed by atoms with Crippen LogP contribution in [0.5, 0.6) is 0 Å². The first-order chi connectivity index (χ1) is 30.3. The van der Waals surface area contributed by atoms with Crippen LogP contribution in [0.2, 0.25) is 0 Å². The molecule has 0 amide bonds. The second kappa shape index (κ2) is 14.5. The highest BCUT2D eigenvalue weighted by Crippen LogP contribution is 2.43. The van der Waals surface area contributed by atoms with Gasteiger partial charge in [-0.2, -0.15) is 26.3 Å². The molecule has 0 unspecified atom stereocenters. The van der Waals surface area contributed by atoms with Gasteiger partial charge in [-0.15, -0.1) is 0 Å². The summed E-state index contributed by atoms with van der Waals surface area (Å²) >= 11 is 0. The van der Waals surface area contributed by atoms with Crippen molar-refractivity contribution in [3.63, 3.8) is 0 Å². The molecule has 10 aromatic rings. The summed E-state index contributed by atoms with van der Waals surface area (Å²) in [5.74, 6) is 0.584. The van der Waals surface area contributed by atoms with Crippen LogP contribution in [0.1, 0.15) is 39.3 Å². The van der Waals surface area contributed by atoms with E-state index in [4.69, 9.17) is 4.98 Å². The van der Waals surface area contributed by atoms with E-state index in [0.717, 1.165) is 71.8 Å². The van der Waals surface area contributed by atoms with Crippen molar-refractivity contribution in [2.45, 2.75) is 13.8 Å². The number of nitrogens with zero attached hydrogens (tertiary/aromatic N) is 9. The van der Waals surface area contributed by atoms with Crippen molar-refractivity contribution in [2.75, 3.05) is 0 Å². The van der Waals surface area contributed by atoms with Gasteiger partial charge in [0.1, 0.15) is 5.82 Å². The van der Waals surface area contributed by atoms with E-state index in [1.54, 1.807) is 24.3 Å². The molecule has 9 nitrogen and oxygen atoms in total. The van der Waals surface area contributed by atoms with Gasteiger partial charge >= 0.3 is 0 Å². The standard InChI is InChI=1S/C53H29N9/c1-31-19-47(60-32(2)59-31)46-25-53(62-49-10-6-4-8-43(49)45-18-14-36(23-51(45)62)41-16-12-34(27-55)21-38(41)29-57)52(24-39(46)30-58)61-48-9-5-3-7-42(48)44-17-13-35(22-50(44)61)40-15-11-33(26-54)20-37(40)28-56/h3-25H,1-2H3. The lowest BCUT2D eigenvalue weighted by atomic mass is 9.97. The third-order valence-electron chi connectivity index (χ3n) is 11.5. The Morgan fingerprint density at radius 2 is 0.871 bits per heavy atom. The molecule has 0 saturated heterocycles. The summed E-state index contributed by atoms with van der Waals surface area (Å²) in [5.41, 5.74) is 12.1. The Balaban J connectivity index is 1.35. The van der Waals surface area contributed by atoms with Gasteiger partial charge < -0.3 is 9.13 Å². The number of aryl methyl sites for hydroxylation is 2. The first kappa shape index (κ1) is 37.0. The number of benzene rings is 7. The van der Waals surface area contributed by atoms with E-state index in [-0.39, 0.29) is 0 Å². The molecule has 0 atom stereocenters. The third-order valence-corrected chi connectivity index (χ3v) is 11.5.